The monoisotopic (exact) mass is 628 g/mol. The highest BCUT2D eigenvalue weighted by molar-refractivity contribution is 8.25. The number of nitrogens with one attached hydrogen (secondary N) is 3. The number of aliphatic hydroxyl groups is 1. The number of ether oxygens (including phenoxy) is 1. The molecule has 0 radical (unpaired) electrons. The first-order chi connectivity index (χ1) is 20.9. The normalized spacial score (nSPS) is 17.0. The zero-order chi connectivity index (χ0) is 31.9. The first-order valence-corrected chi connectivity index (χ1v) is 16.7. The van der Waals surface area contributed by atoms with Gasteiger partial charge in [0.2, 0.25) is 0 Å². The van der Waals surface area contributed by atoms with Crippen molar-refractivity contribution in [2.24, 2.45) is 0 Å². The molecule has 6 N–H and O–H groups in total. The summed E-state index contributed by atoms with van der Waals surface area (Å²) >= 11 is 0. The van der Waals surface area contributed by atoms with E-state index in [0.717, 1.165) is 16.9 Å². The summed E-state index contributed by atoms with van der Waals surface area (Å²) in [7, 11) is -1.61. The fourth-order valence-electron chi connectivity index (χ4n) is 5.36. The van der Waals surface area contributed by atoms with E-state index in [0.29, 0.717) is 31.5 Å². The molecule has 1 fully saturated rings. The number of nitrogens with zero attached hydrogens (tertiary/aromatic N) is 1. The topological polar surface area (TPSA) is 126 Å². The van der Waals surface area contributed by atoms with Crippen molar-refractivity contribution >= 4 is 28.1 Å². The van der Waals surface area contributed by atoms with Crippen LogP contribution < -0.4 is 25.0 Å². The fourth-order valence-corrected chi connectivity index (χ4v) is 7.04. The van der Waals surface area contributed by atoms with Gasteiger partial charge in [0, 0.05) is 30.9 Å². The Morgan fingerprint density at radius 1 is 1.09 bits per heavy atom. The average molecular weight is 629 g/mol. The summed E-state index contributed by atoms with van der Waals surface area (Å²) in [5.41, 5.74) is 1.54. The number of anilines is 2. The van der Waals surface area contributed by atoms with Crippen LogP contribution in [0.2, 0.25) is 0 Å². The number of carbonyl (C=O) groups is 1. The molecular formula is C33H45FN4O5S. The minimum Gasteiger partial charge on any atom is -0.497 e. The number of rotatable bonds is 13. The summed E-state index contributed by atoms with van der Waals surface area (Å²) in [6, 6.07) is 19.3. The molecule has 0 spiro atoms. The molecule has 1 heterocycles. The molecule has 3 aromatic carbocycles. The van der Waals surface area contributed by atoms with Crippen LogP contribution in [0.5, 0.6) is 5.75 Å². The number of hydrogen-bond donors (Lipinski definition) is 6. The summed E-state index contributed by atoms with van der Waals surface area (Å²) in [5.74, 6) is -0.677. The lowest BCUT2D eigenvalue weighted by Gasteiger charge is -2.47. The molecular weight excluding hydrogens is 583 g/mol. The van der Waals surface area contributed by atoms with Crippen molar-refractivity contribution in [2.75, 3.05) is 42.1 Å². The minimum atomic E-state index is -3.22. The summed E-state index contributed by atoms with van der Waals surface area (Å²) in [6.45, 7) is 6.79. The van der Waals surface area contributed by atoms with E-state index in [1.807, 2.05) is 75.4 Å². The van der Waals surface area contributed by atoms with E-state index < -0.39 is 40.2 Å². The quantitative estimate of drug-likeness (QED) is 0.141. The summed E-state index contributed by atoms with van der Waals surface area (Å²) in [6.07, 6.45) is 0.579. The van der Waals surface area contributed by atoms with Crippen molar-refractivity contribution < 1.29 is 28.1 Å². The number of amides is 1. The Morgan fingerprint density at radius 2 is 1.84 bits per heavy atom. The highest BCUT2D eigenvalue weighted by atomic mass is 32.3. The lowest BCUT2D eigenvalue weighted by Crippen LogP contribution is -2.51. The minimum absolute atomic E-state index is 0.0323. The van der Waals surface area contributed by atoms with Crippen molar-refractivity contribution in [2.45, 2.75) is 57.7 Å². The Bertz CT molecular complexity index is 1410. The van der Waals surface area contributed by atoms with Gasteiger partial charge in [-0.2, -0.15) is 0 Å². The molecule has 0 saturated carbocycles. The molecule has 240 valence electrons. The van der Waals surface area contributed by atoms with E-state index in [1.165, 1.54) is 16.4 Å². The Hall–Kier alpha value is -3.35. The van der Waals surface area contributed by atoms with Gasteiger partial charge in [-0.25, -0.2) is 4.39 Å². The number of methoxy groups -OCH3 is 1. The highest BCUT2D eigenvalue weighted by Gasteiger charge is 2.32. The van der Waals surface area contributed by atoms with Crippen LogP contribution in [0, 0.1) is 5.82 Å². The van der Waals surface area contributed by atoms with Gasteiger partial charge in [-0.15, -0.1) is 10.8 Å². The molecule has 11 heteroatoms. The largest absolute Gasteiger partial charge is 0.497 e. The zero-order valence-electron chi connectivity index (χ0n) is 25.8. The molecule has 1 saturated heterocycles. The van der Waals surface area contributed by atoms with E-state index in [-0.39, 0.29) is 30.1 Å². The highest BCUT2D eigenvalue weighted by Crippen LogP contribution is 2.51. The van der Waals surface area contributed by atoms with Gasteiger partial charge in [0.15, 0.2) is 5.82 Å². The van der Waals surface area contributed by atoms with Crippen LogP contribution in [0.1, 0.15) is 55.1 Å². The van der Waals surface area contributed by atoms with Crippen molar-refractivity contribution in [3.05, 3.63) is 89.2 Å². The van der Waals surface area contributed by atoms with Gasteiger partial charge in [-0.05, 0) is 75.4 Å². The molecule has 2 atom stereocenters. The van der Waals surface area contributed by atoms with Crippen LogP contribution in [0.15, 0.2) is 66.7 Å². The lowest BCUT2D eigenvalue weighted by atomic mass is 9.93. The van der Waals surface area contributed by atoms with Crippen molar-refractivity contribution in [1.29, 1.82) is 0 Å². The first kappa shape index (κ1) is 33.5. The second-order valence-electron chi connectivity index (χ2n) is 11.6. The lowest BCUT2D eigenvalue weighted by molar-refractivity contribution is 0.0810. The molecule has 0 aromatic heterocycles. The summed E-state index contributed by atoms with van der Waals surface area (Å²) < 4.78 is 44.2. The molecule has 9 nitrogen and oxygen atoms in total. The third kappa shape index (κ3) is 8.22. The van der Waals surface area contributed by atoms with Crippen molar-refractivity contribution in [1.82, 2.24) is 10.6 Å². The van der Waals surface area contributed by atoms with E-state index in [4.69, 9.17) is 4.74 Å². The van der Waals surface area contributed by atoms with Crippen LogP contribution in [0.3, 0.4) is 0 Å². The second kappa shape index (κ2) is 14.6. The summed E-state index contributed by atoms with van der Waals surface area (Å²) in [5, 5.41) is 20.8. The first-order valence-electron chi connectivity index (χ1n) is 15.0. The number of hydrogen-bond acceptors (Lipinski definition) is 8. The van der Waals surface area contributed by atoms with Crippen molar-refractivity contribution in [3.63, 3.8) is 0 Å². The number of carbonyl (C=O) groups excluding carboxylic acids is 1. The van der Waals surface area contributed by atoms with Crippen LogP contribution in [-0.2, 0) is 12.0 Å². The molecule has 1 aliphatic rings. The maximum absolute atomic E-state index is 16.1. The Labute approximate surface area is 261 Å². The van der Waals surface area contributed by atoms with Crippen LogP contribution in [-0.4, -0.2) is 64.8 Å². The third-order valence-electron chi connectivity index (χ3n) is 7.95. The number of aliphatic hydroxyl groups excluding tert-OH is 1. The van der Waals surface area contributed by atoms with Gasteiger partial charge in [-0.1, -0.05) is 42.5 Å². The van der Waals surface area contributed by atoms with Gasteiger partial charge in [0.25, 0.3) is 5.91 Å². The SMILES string of the molecule is CCNc1cc(C(=O)NC(Cc2ccccc2)C(O)CNC(C)(C)c2cccc(OC)c2)c(F)c(N2CCCCS2(O)O)c1. The van der Waals surface area contributed by atoms with Gasteiger partial charge in [-0.3, -0.25) is 18.2 Å². The Morgan fingerprint density at radius 3 is 2.52 bits per heavy atom. The van der Waals surface area contributed by atoms with Crippen LogP contribution >= 0.6 is 10.8 Å². The maximum Gasteiger partial charge on any atom is 0.254 e. The molecule has 44 heavy (non-hydrogen) atoms. The second-order valence-corrected chi connectivity index (χ2v) is 13.7. The summed E-state index contributed by atoms with van der Waals surface area (Å²) in [4.78, 5) is 13.8. The van der Waals surface area contributed by atoms with E-state index in [9.17, 15) is 19.0 Å². The molecule has 3 aromatic rings. The van der Waals surface area contributed by atoms with E-state index >= 15 is 4.39 Å². The average Bonchev–Trinajstić information content (AvgIpc) is 3.01. The molecule has 1 aliphatic heterocycles. The molecule has 0 bridgehead atoms. The smallest absolute Gasteiger partial charge is 0.254 e. The third-order valence-corrected chi connectivity index (χ3v) is 9.88. The van der Waals surface area contributed by atoms with Gasteiger partial charge in [0.1, 0.15) is 5.75 Å². The van der Waals surface area contributed by atoms with E-state index in [1.54, 1.807) is 7.11 Å². The number of halogens is 1. The number of benzene rings is 3. The predicted molar refractivity (Wildman–Crippen MR) is 176 cm³/mol. The van der Waals surface area contributed by atoms with Crippen molar-refractivity contribution in [3.8, 4) is 5.75 Å². The Balaban J connectivity index is 1.60. The van der Waals surface area contributed by atoms with Gasteiger partial charge < -0.3 is 25.8 Å². The molecule has 4 rings (SSSR count). The molecule has 1 amide bonds. The van der Waals surface area contributed by atoms with Gasteiger partial charge in [0.05, 0.1) is 36.3 Å². The maximum atomic E-state index is 16.1. The standard InChI is InChI=1S/C33H45FN4O5S/c1-5-35-25-20-27(31(34)29(21-25)38-16-9-10-17-44(38,41)42)32(40)37-28(18-23-12-7-6-8-13-23)30(39)22-36-33(2,3)24-14-11-15-26(19-24)43-4/h6-8,11-15,19-21,28,30,35-36,39,41-42H,5,9-10,16-18,22H2,1-4H3,(H,37,40). The molecule has 2 unspecified atom stereocenters. The zero-order valence-corrected chi connectivity index (χ0v) is 26.7. The Kier molecular flexibility index (Phi) is 11.1. The predicted octanol–water partition coefficient (Wildman–Crippen LogP) is 5.76. The van der Waals surface area contributed by atoms with Crippen LogP contribution in [0.4, 0.5) is 15.8 Å². The van der Waals surface area contributed by atoms with Gasteiger partial charge >= 0.3 is 0 Å². The van der Waals surface area contributed by atoms with Crippen LogP contribution in [0.25, 0.3) is 0 Å². The fraction of sp³-hybridized carbons (Fsp3) is 0.424. The van der Waals surface area contributed by atoms with E-state index in [2.05, 4.69) is 16.0 Å². The molecule has 0 aliphatic carbocycles.